The standard InChI is InChI=1S/C7H8N2/c1-7(4-6-9)3-2-5-8/h4H,2-3H2,1H3/b7-4-. The van der Waals surface area contributed by atoms with Crippen molar-refractivity contribution in [2.24, 2.45) is 0 Å². The third kappa shape index (κ3) is 4.58. The molecule has 9 heavy (non-hydrogen) atoms. The summed E-state index contributed by atoms with van der Waals surface area (Å²) in [5, 5.41) is 16.2. The highest BCUT2D eigenvalue weighted by Crippen LogP contribution is 2.00. The van der Waals surface area contributed by atoms with Crippen molar-refractivity contribution in [2.45, 2.75) is 19.8 Å². The Bertz CT molecular complexity index is 178. The normalized spacial score (nSPS) is 9.89. The Balaban J connectivity index is 3.56. The van der Waals surface area contributed by atoms with Crippen LogP contribution < -0.4 is 0 Å². The SMILES string of the molecule is C/C(=C/C#N)CCC#N. The van der Waals surface area contributed by atoms with E-state index in [4.69, 9.17) is 10.5 Å². The minimum Gasteiger partial charge on any atom is -0.198 e. The number of rotatable bonds is 2. The van der Waals surface area contributed by atoms with Crippen LogP contribution >= 0.6 is 0 Å². The average Bonchev–Trinajstić information content (AvgIpc) is 1.85. The van der Waals surface area contributed by atoms with Crippen molar-refractivity contribution in [3.63, 3.8) is 0 Å². The molecule has 0 aromatic rings. The van der Waals surface area contributed by atoms with Gasteiger partial charge in [-0.1, -0.05) is 5.57 Å². The maximum Gasteiger partial charge on any atom is 0.0911 e. The summed E-state index contributed by atoms with van der Waals surface area (Å²) in [7, 11) is 0. The summed E-state index contributed by atoms with van der Waals surface area (Å²) in [6, 6.07) is 3.91. The lowest BCUT2D eigenvalue weighted by atomic mass is 10.2. The van der Waals surface area contributed by atoms with Gasteiger partial charge in [-0.05, 0) is 13.3 Å². The maximum atomic E-state index is 8.13. The van der Waals surface area contributed by atoms with Gasteiger partial charge in [-0.25, -0.2) is 0 Å². The molecule has 0 aliphatic heterocycles. The van der Waals surface area contributed by atoms with Crippen LogP contribution in [0.15, 0.2) is 11.6 Å². The molecule has 0 unspecified atom stereocenters. The zero-order valence-electron chi connectivity index (χ0n) is 5.39. The van der Waals surface area contributed by atoms with Crippen molar-refractivity contribution in [3.05, 3.63) is 11.6 Å². The Morgan fingerprint density at radius 1 is 1.56 bits per heavy atom. The van der Waals surface area contributed by atoms with Gasteiger partial charge < -0.3 is 0 Å². The molecule has 0 heterocycles. The third-order valence-corrected chi connectivity index (χ3v) is 0.942. The molecular weight excluding hydrogens is 112 g/mol. The molecule has 2 heteroatoms. The Morgan fingerprint density at radius 2 is 2.22 bits per heavy atom. The van der Waals surface area contributed by atoms with Crippen molar-refractivity contribution in [2.75, 3.05) is 0 Å². The van der Waals surface area contributed by atoms with Crippen molar-refractivity contribution < 1.29 is 0 Å². The van der Waals surface area contributed by atoms with Gasteiger partial charge in [-0.3, -0.25) is 0 Å². The molecule has 0 saturated carbocycles. The van der Waals surface area contributed by atoms with Gasteiger partial charge in [0, 0.05) is 12.5 Å². The lowest BCUT2D eigenvalue weighted by molar-refractivity contribution is 0.988. The van der Waals surface area contributed by atoms with Crippen molar-refractivity contribution in [3.8, 4) is 12.1 Å². The van der Waals surface area contributed by atoms with Crippen LogP contribution in [0.25, 0.3) is 0 Å². The number of nitriles is 2. The second-order valence-electron chi connectivity index (χ2n) is 1.78. The lowest BCUT2D eigenvalue weighted by Crippen LogP contribution is -1.73. The number of allylic oxidation sites excluding steroid dienone is 2. The van der Waals surface area contributed by atoms with Gasteiger partial charge in [-0.2, -0.15) is 10.5 Å². The highest BCUT2D eigenvalue weighted by molar-refractivity contribution is 5.11. The first-order valence-corrected chi connectivity index (χ1v) is 2.73. The molecule has 0 aliphatic carbocycles. The Kier molecular flexibility index (Phi) is 4.18. The molecule has 0 aromatic carbocycles. The molecule has 46 valence electrons. The van der Waals surface area contributed by atoms with Crippen molar-refractivity contribution >= 4 is 0 Å². The van der Waals surface area contributed by atoms with Gasteiger partial charge in [0.15, 0.2) is 0 Å². The van der Waals surface area contributed by atoms with Crippen molar-refractivity contribution in [1.29, 1.82) is 10.5 Å². The van der Waals surface area contributed by atoms with E-state index in [1.165, 1.54) is 6.08 Å². The maximum absolute atomic E-state index is 8.13. The van der Waals surface area contributed by atoms with E-state index < -0.39 is 0 Å². The summed E-state index contributed by atoms with van der Waals surface area (Å²) in [4.78, 5) is 0. The molecule has 2 nitrogen and oxygen atoms in total. The second kappa shape index (κ2) is 4.87. The molecule has 0 aliphatic rings. The molecular formula is C7H8N2. The number of hydrogen-bond acceptors (Lipinski definition) is 2. The molecule has 0 bridgehead atoms. The summed E-state index contributed by atoms with van der Waals surface area (Å²) in [5.41, 5.74) is 0.971. The van der Waals surface area contributed by atoms with Crippen LogP contribution in [-0.4, -0.2) is 0 Å². The molecule has 0 radical (unpaired) electrons. The first kappa shape index (κ1) is 7.72. The summed E-state index contributed by atoms with van der Waals surface area (Å²) in [6.07, 6.45) is 2.69. The van der Waals surface area contributed by atoms with E-state index in [1.807, 2.05) is 19.1 Å². The Morgan fingerprint density at radius 3 is 2.67 bits per heavy atom. The topological polar surface area (TPSA) is 47.6 Å². The van der Waals surface area contributed by atoms with Crippen LogP contribution in [0, 0.1) is 22.7 Å². The minimum atomic E-state index is 0.504. The highest BCUT2D eigenvalue weighted by atomic mass is 14.2. The van der Waals surface area contributed by atoms with E-state index in [2.05, 4.69) is 0 Å². The minimum absolute atomic E-state index is 0.504. The summed E-state index contributed by atoms with van der Waals surface area (Å²) >= 11 is 0. The lowest BCUT2D eigenvalue weighted by Gasteiger charge is -1.88. The predicted molar refractivity (Wildman–Crippen MR) is 34.2 cm³/mol. The third-order valence-electron chi connectivity index (χ3n) is 0.942. The smallest absolute Gasteiger partial charge is 0.0911 e. The van der Waals surface area contributed by atoms with Crippen molar-refractivity contribution in [1.82, 2.24) is 0 Å². The summed E-state index contributed by atoms with van der Waals surface area (Å²) < 4.78 is 0. The molecule has 0 fully saturated rings. The Hall–Kier alpha value is -1.28. The molecule has 0 amide bonds. The molecule has 0 N–H and O–H groups in total. The first-order chi connectivity index (χ1) is 4.31. The van der Waals surface area contributed by atoms with Gasteiger partial charge in [-0.15, -0.1) is 0 Å². The molecule has 0 saturated heterocycles. The summed E-state index contributed by atoms with van der Waals surface area (Å²) in [5.74, 6) is 0. The van der Waals surface area contributed by atoms with E-state index in [9.17, 15) is 0 Å². The fourth-order valence-electron chi connectivity index (χ4n) is 0.435. The zero-order chi connectivity index (χ0) is 7.11. The van der Waals surface area contributed by atoms with Gasteiger partial charge in [0.1, 0.15) is 0 Å². The van der Waals surface area contributed by atoms with E-state index in [1.54, 1.807) is 0 Å². The highest BCUT2D eigenvalue weighted by Gasteiger charge is 1.85. The van der Waals surface area contributed by atoms with Crippen LogP contribution in [-0.2, 0) is 0 Å². The fourth-order valence-corrected chi connectivity index (χ4v) is 0.435. The summed E-state index contributed by atoms with van der Waals surface area (Å²) in [6.45, 7) is 1.85. The van der Waals surface area contributed by atoms with Gasteiger partial charge in [0.2, 0.25) is 0 Å². The van der Waals surface area contributed by atoms with E-state index >= 15 is 0 Å². The first-order valence-electron chi connectivity index (χ1n) is 2.73. The molecule has 0 aromatic heterocycles. The molecule has 0 rings (SSSR count). The van der Waals surface area contributed by atoms with Crippen LogP contribution in [0.4, 0.5) is 0 Å². The average molecular weight is 120 g/mol. The van der Waals surface area contributed by atoms with E-state index in [0.717, 1.165) is 5.57 Å². The largest absolute Gasteiger partial charge is 0.198 e. The number of hydrogen-bond donors (Lipinski definition) is 0. The van der Waals surface area contributed by atoms with Crippen LogP contribution in [0.3, 0.4) is 0 Å². The number of nitrogens with zero attached hydrogens (tertiary/aromatic N) is 2. The molecule has 0 atom stereocenters. The Labute approximate surface area is 55.0 Å². The monoisotopic (exact) mass is 120 g/mol. The van der Waals surface area contributed by atoms with Gasteiger partial charge >= 0.3 is 0 Å². The van der Waals surface area contributed by atoms with Gasteiger partial charge in [0.25, 0.3) is 0 Å². The van der Waals surface area contributed by atoms with E-state index in [0.29, 0.717) is 12.8 Å². The van der Waals surface area contributed by atoms with Crippen LogP contribution in [0.5, 0.6) is 0 Å². The van der Waals surface area contributed by atoms with E-state index in [-0.39, 0.29) is 0 Å². The van der Waals surface area contributed by atoms with Crippen LogP contribution in [0.1, 0.15) is 19.8 Å². The molecule has 0 spiro atoms. The quantitative estimate of drug-likeness (QED) is 0.521. The predicted octanol–water partition coefficient (Wildman–Crippen LogP) is 1.76. The van der Waals surface area contributed by atoms with Crippen LogP contribution in [0.2, 0.25) is 0 Å². The zero-order valence-corrected chi connectivity index (χ0v) is 5.39. The van der Waals surface area contributed by atoms with Gasteiger partial charge in [0.05, 0.1) is 12.1 Å². The second-order valence-corrected chi connectivity index (χ2v) is 1.78. The fraction of sp³-hybridized carbons (Fsp3) is 0.429.